The van der Waals surface area contributed by atoms with Gasteiger partial charge in [-0.15, -0.1) is 0 Å². The van der Waals surface area contributed by atoms with Crippen LogP contribution in [0.15, 0.2) is 60.3 Å². The Morgan fingerprint density at radius 2 is 2.00 bits per heavy atom. The van der Waals surface area contributed by atoms with Crippen LogP contribution in [0.1, 0.15) is 53.2 Å². The van der Waals surface area contributed by atoms with E-state index in [2.05, 4.69) is 18.8 Å². The van der Waals surface area contributed by atoms with Gasteiger partial charge in [-0.1, -0.05) is 31.7 Å². The Balaban J connectivity index is 1.31. The molecule has 1 N–H and O–H groups in total. The molecule has 0 aromatic heterocycles. The van der Waals surface area contributed by atoms with Crippen molar-refractivity contribution in [1.29, 1.82) is 0 Å². The Morgan fingerprint density at radius 1 is 1.22 bits per heavy atom. The number of benzene rings is 2. The van der Waals surface area contributed by atoms with E-state index < -0.39 is 16.5 Å². The fourth-order valence-electron chi connectivity index (χ4n) is 5.04. The summed E-state index contributed by atoms with van der Waals surface area (Å²) in [5.74, 6) is 1.63. The topological polar surface area (TPSA) is 101 Å². The van der Waals surface area contributed by atoms with Gasteiger partial charge in [0.1, 0.15) is 23.7 Å². The van der Waals surface area contributed by atoms with Crippen molar-refractivity contribution in [3.63, 3.8) is 0 Å². The van der Waals surface area contributed by atoms with Gasteiger partial charge in [-0.05, 0) is 68.0 Å². The zero-order valence-corrected chi connectivity index (χ0v) is 25.0. The largest absolute Gasteiger partial charge is 0.500 e. The molecule has 0 saturated carbocycles. The molecule has 0 aliphatic carbocycles. The van der Waals surface area contributed by atoms with Crippen molar-refractivity contribution < 1.29 is 23.3 Å². The second-order valence-corrected chi connectivity index (χ2v) is 12.0. The zero-order chi connectivity index (χ0) is 29.4. The molecule has 1 saturated heterocycles. The third kappa shape index (κ3) is 7.42. The lowest BCUT2D eigenvalue weighted by molar-refractivity contribution is -0.124. The fourth-order valence-corrected chi connectivity index (χ4v) is 6.28. The lowest BCUT2D eigenvalue weighted by Gasteiger charge is -2.34. The summed E-state index contributed by atoms with van der Waals surface area (Å²) in [7, 11) is 0.561. The molecule has 9 nitrogen and oxygen atoms in total. The molecule has 10 heteroatoms. The molecule has 0 radical (unpaired) electrons. The summed E-state index contributed by atoms with van der Waals surface area (Å²) in [6, 6.07) is 13.3. The fraction of sp³-hybridized carbons (Fsp3) is 0.452. The van der Waals surface area contributed by atoms with E-state index in [9.17, 15) is 13.8 Å². The minimum atomic E-state index is -1.18. The molecule has 1 fully saturated rings. The maximum atomic E-state index is 13.2. The molecular formula is C31H40N4O5S. The van der Waals surface area contributed by atoms with E-state index in [1.54, 1.807) is 11.9 Å². The highest BCUT2D eigenvalue weighted by atomic mass is 32.2. The molecule has 2 aromatic rings. The number of carbonyl (C=O) groups is 2. The van der Waals surface area contributed by atoms with Crippen molar-refractivity contribution >= 4 is 28.6 Å². The summed E-state index contributed by atoms with van der Waals surface area (Å²) in [6.07, 6.45) is 3.95. The van der Waals surface area contributed by atoms with Gasteiger partial charge in [-0.2, -0.15) is 0 Å². The number of amidine groups is 1. The Morgan fingerprint density at radius 3 is 2.71 bits per heavy atom. The number of amides is 2. The van der Waals surface area contributed by atoms with Crippen LogP contribution in [0, 0.1) is 6.92 Å². The molecule has 220 valence electrons. The molecule has 4 rings (SSSR count). The van der Waals surface area contributed by atoms with Crippen molar-refractivity contribution in [2.75, 3.05) is 45.6 Å². The van der Waals surface area contributed by atoms with Crippen LogP contribution in [0.5, 0.6) is 5.75 Å². The maximum Gasteiger partial charge on any atom is 0.253 e. The molecular weight excluding hydrogens is 540 g/mol. The number of rotatable bonds is 13. The third-order valence-electron chi connectivity index (χ3n) is 7.54. The minimum absolute atomic E-state index is 0.0718. The van der Waals surface area contributed by atoms with E-state index in [1.807, 2.05) is 53.7 Å². The molecule has 2 aliphatic rings. The lowest BCUT2D eigenvalue weighted by atomic mass is 9.89. The molecule has 41 heavy (non-hydrogen) atoms. The first-order valence-electron chi connectivity index (χ1n) is 14.1. The molecule has 0 bridgehead atoms. The van der Waals surface area contributed by atoms with Crippen molar-refractivity contribution in [2.24, 2.45) is 4.99 Å². The van der Waals surface area contributed by atoms with Gasteiger partial charge in [0.25, 0.3) is 11.8 Å². The van der Waals surface area contributed by atoms with Crippen LogP contribution in [-0.2, 0) is 26.9 Å². The van der Waals surface area contributed by atoms with Gasteiger partial charge in [-0.3, -0.25) is 14.6 Å². The Bertz CT molecular complexity index is 1320. The molecule has 2 amide bonds. The number of ether oxygens (including phenoxy) is 2. The smallest absolute Gasteiger partial charge is 0.253 e. The SMILES string of the molecule is C=COCCN(C)C(=O)c1ccc(CCS(=O)N2CCC3(CC2)N=C(c2cccc(OCCC)c2)NC3=O)c(C)c1. The van der Waals surface area contributed by atoms with E-state index in [0.29, 0.717) is 69.3 Å². The van der Waals surface area contributed by atoms with Gasteiger partial charge in [-0.25, -0.2) is 8.51 Å². The predicted molar refractivity (Wildman–Crippen MR) is 161 cm³/mol. The first-order valence-corrected chi connectivity index (χ1v) is 15.4. The van der Waals surface area contributed by atoms with Gasteiger partial charge < -0.3 is 19.7 Å². The number of hydrogen-bond acceptors (Lipinski definition) is 6. The van der Waals surface area contributed by atoms with Crippen molar-refractivity contribution in [3.05, 3.63) is 77.6 Å². The van der Waals surface area contributed by atoms with Crippen LogP contribution >= 0.6 is 0 Å². The number of hydrogen-bond donors (Lipinski definition) is 1. The van der Waals surface area contributed by atoms with E-state index in [-0.39, 0.29) is 11.8 Å². The zero-order valence-electron chi connectivity index (χ0n) is 24.2. The average Bonchev–Trinajstić information content (AvgIpc) is 3.30. The Hall–Kier alpha value is -3.50. The van der Waals surface area contributed by atoms with Crippen LogP contribution in [0.2, 0.25) is 0 Å². The van der Waals surface area contributed by atoms with Crippen LogP contribution in [-0.4, -0.2) is 82.3 Å². The standard InChI is InChI=1S/C31H40N4O5S/c1-5-18-40-27-9-7-8-25(22-27)28-32-30(37)31(33-28)13-15-35(16-14-31)41(38)20-12-24-10-11-26(21-23(24)3)29(36)34(4)17-19-39-6-2/h6-11,21-22H,2,5,12-20H2,1,3-4H3,(H,32,33,37). The summed E-state index contributed by atoms with van der Waals surface area (Å²) in [4.78, 5) is 32.2. The summed E-state index contributed by atoms with van der Waals surface area (Å²) >= 11 is 0. The number of piperidine rings is 1. The number of aliphatic imine (C=N–C) groups is 1. The van der Waals surface area contributed by atoms with E-state index in [0.717, 1.165) is 28.9 Å². The number of aryl methyl sites for hydroxylation is 2. The summed E-state index contributed by atoms with van der Waals surface area (Å²) in [5, 5.41) is 2.97. The number of nitrogens with one attached hydrogen (secondary N) is 1. The molecule has 1 spiro atoms. The third-order valence-corrected chi connectivity index (χ3v) is 9.04. The second-order valence-electron chi connectivity index (χ2n) is 10.4. The van der Waals surface area contributed by atoms with E-state index in [4.69, 9.17) is 14.5 Å². The summed E-state index contributed by atoms with van der Waals surface area (Å²) < 4.78 is 26.0. The van der Waals surface area contributed by atoms with Crippen molar-refractivity contribution in [2.45, 2.75) is 45.1 Å². The number of likely N-dealkylation sites (N-methyl/N-ethyl adjacent to an activating group) is 1. The monoisotopic (exact) mass is 580 g/mol. The lowest BCUT2D eigenvalue weighted by Crippen LogP contribution is -2.49. The summed E-state index contributed by atoms with van der Waals surface area (Å²) in [5.41, 5.74) is 2.68. The average molecular weight is 581 g/mol. The van der Waals surface area contributed by atoms with Gasteiger partial charge in [0, 0.05) is 37.0 Å². The van der Waals surface area contributed by atoms with Crippen LogP contribution in [0.3, 0.4) is 0 Å². The van der Waals surface area contributed by atoms with Crippen LogP contribution in [0.4, 0.5) is 0 Å². The quantitative estimate of drug-likeness (QED) is 0.288. The molecule has 2 aliphatic heterocycles. The number of nitrogens with zero attached hydrogens (tertiary/aromatic N) is 3. The molecule has 2 aromatic carbocycles. The highest BCUT2D eigenvalue weighted by Gasteiger charge is 2.46. The highest BCUT2D eigenvalue weighted by molar-refractivity contribution is 7.82. The van der Waals surface area contributed by atoms with Gasteiger partial charge in [0.15, 0.2) is 0 Å². The van der Waals surface area contributed by atoms with E-state index >= 15 is 0 Å². The van der Waals surface area contributed by atoms with Crippen molar-refractivity contribution in [1.82, 2.24) is 14.5 Å². The Labute approximate surface area is 245 Å². The Kier molecular flexibility index (Phi) is 10.3. The maximum absolute atomic E-state index is 13.2. The van der Waals surface area contributed by atoms with E-state index in [1.165, 1.54) is 6.26 Å². The first-order chi connectivity index (χ1) is 19.8. The van der Waals surface area contributed by atoms with Gasteiger partial charge in [0.05, 0.1) is 30.4 Å². The van der Waals surface area contributed by atoms with Crippen LogP contribution in [0.25, 0.3) is 0 Å². The summed E-state index contributed by atoms with van der Waals surface area (Å²) in [6.45, 7) is 10.1. The normalized spacial score (nSPS) is 17.0. The van der Waals surface area contributed by atoms with Crippen LogP contribution < -0.4 is 10.1 Å². The first kappa shape index (κ1) is 30.5. The molecule has 1 unspecified atom stereocenters. The number of carbonyl (C=O) groups excluding carboxylic acids is 2. The minimum Gasteiger partial charge on any atom is -0.500 e. The second kappa shape index (κ2) is 13.9. The van der Waals surface area contributed by atoms with Gasteiger partial charge >= 0.3 is 0 Å². The molecule has 1 atom stereocenters. The molecule has 2 heterocycles. The van der Waals surface area contributed by atoms with Crippen molar-refractivity contribution in [3.8, 4) is 5.75 Å². The van der Waals surface area contributed by atoms with Gasteiger partial charge in [0.2, 0.25) is 0 Å². The highest BCUT2D eigenvalue weighted by Crippen LogP contribution is 2.32. The predicted octanol–water partition coefficient (Wildman–Crippen LogP) is 3.63.